The summed E-state index contributed by atoms with van der Waals surface area (Å²) in [6.45, 7) is 11.3. The summed E-state index contributed by atoms with van der Waals surface area (Å²) in [5.41, 5.74) is 6.34. The molecular weight excluding hydrogens is 328 g/mol. The first-order valence-corrected chi connectivity index (χ1v) is 8.62. The summed E-state index contributed by atoms with van der Waals surface area (Å²) in [6, 6.07) is 3.83. The van der Waals surface area contributed by atoms with E-state index < -0.39 is 12.1 Å². The highest BCUT2D eigenvalue weighted by Gasteiger charge is 2.21. The molecule has 0 bridgehead atoms. The molecule has 0 aliphatic carbocycles. The zero-order valence-corrected chi connectivity index (χ0v) is 16.5. The first-order chi connectivity index (χ1) is 12.1. The molecule has 2 rings (SSSR count). The SMILES string of the molecule is Cc1cc(C)c(C(=O)[C@H](C)OC(=O)/C=C/c2c(C)nn(C)c2C)cc1C. The number of aromatic nitrogens is 2. The van der Waals surface area contributed by atoms with E-state index in [-0.39, 0.29) is 5.78 Å². The van der Waals surface area contributed by atoms with Crippen molar-refractivity contribution < 1.29 is 14.3 Å². The van der Waals surface area contributed by atoms with E-state index in [2.05, 4.69) is 5.10 Å². The number of carbonyl (C=O) groups is 2. The van der Waals surface area contributed by atoms with Crippen molar-refractivity contribution in [3.63, 3.8) is 0 Å². The van der Waals surface area contributed by atoms with Crippen LogP contribution in [0.1, 0.15) is 50.9 Å². The zero-order chi connectivity index (χ0) is 19.6. The first kappa shape index (κ1) is 19.6. The minimum atomic E-state index is -0.843. The van der Waals surface area contributed by atoms with Crippen LogP contribution in [-0.2, 0) is 16.6 Å². The number of hydrogen-bond donors (Lipinski definition) is 0. The highest BCUT2D eigenvalue weighted by molar-refractivity contribution is 6.02. The molecule has 1 heterocycles. The lowest BCUT2D eigenvalue weighted by atomic mass is 9.96. The Kier molecular flexibility index (Phi) is 5.80. The molecule has 0 saturated heterocycles. The number of ether oxygens (including phenoxy) is 1. The van der Waals surface area contributed by atoms with Crippen molar-refractivity contribution in [3.8, 4) is 0 Å². The fourth-order valence-corrected chi connectivity index (χ4v) is 2.89. The maximum Gasteiger partial charge on any atom is 0.331 e. The second-order valence-corrected chi connectivity index (χ2v) is 6.74. The molecule has 26 heavy (non-hydrogen) atoms. The summed E-state index contributed by atoms with van der Waals surface area (Å²) >= 11 is 0. The van der Waals surface area contributed by atoms with Crippen molar-refractivity contribution in [1.29, 1.82) is 0 Å². The lowest BCUT2D eigenvalue weighted by Crippen LogP contribution is -2.24. The van der Waals surface area contributed by atoms with E-state index in [4.69, 9.17) is 4.74 Å². The Morgan fingerprint density at radius 2 is 1.69 bits per heavy atom. The third-order valence-corrected chi connectivity index (χ3v) is 4.72. The Hall–Kier alpha value is -2.69. The Labute approximate surface area is 154 Å². The number of aryl methyl sites for hydroxylation is 5. The molecular formula is C21H26N2O3. The second-order valence-electron chi connectivity index (χ2n) is 6.74. The molecule has 0 fully saturated rings. The maximum atomic E-state index is 12.6. The normalized spacial score (nSPS) is 12.4. The molecule has 1 aromatic heterocycles. The summed E-state index contributed by atoms with van der Waals surface area (Å²) in [4.78, 5) is 24.7. The third kappa shape index (κ3) is 4.10. The summed E-state index contributed by atoms with van der Waals surface area (Å²) in [6.07, 6.45) is 2.18. The van der Waals surface area contributed by atoms with Crippen LogP contribution in [0.25, 0.3) is 6.08 Å². The molecule has 1 aromatic carbocycles. The number of hydrogen-bond acceptors (Lipinski definition) is 4. The summed E-state index contributed by atoms with van der Waals surface area (Å²) in [5, 5.41) is 4.30. The Morgan fingerprint density at radius 3 is 2.27 bits per heavy atom. The standard InChI is InChI=1S/C21H26N2O3/c1-12-10-14(3)19(11-13(12)2)21(25)17(6)26-20(24)9-8-18-15(4)22-23(7)16(18)5/h8-11,17H,1-7H3/b9-8+/t17-/m0/s1. The highest BCUT2D eigenvalue weighted by atomic mass is 16.5. The van der Waals surface area contributed by atoms with Crippen molar-refractivity contribution >= 4 is 17.8 Å². The van der Waals surface area contributed by atoms with Gasteiger partial charge in [0, 0.05) is 29.9 Å². The third-order valence-electron chi connectivity index (χ3n) is 4.72. The van der Waals surface area contributed by atoms with Crippen molar-refractivity contribution in [3.05, 3.63) is 57.4 Å². The van der Waals surface area contributed by atoms with E-state index >= 15 is 0 Å². The van der Waals surface area contributed by atoms with Crippen LogP contribution in [0, 0.1) is 34.6 Å². The minimum absolute atomic E-state index is 0.193. The van der Waals surface area contributed by atoms with Crippen molar-refractivity contribution in [2.75, 3.05) is 0 Å². The number of Topliss-reactive ketones (excluding diaryl/α,β-unsaturated/α-hetero) is 1. The van der Waals surface area contributed by atoms with Crippen LogP contribution in [0.5, 0.6) is 0 Å². The number of ketones is 1. The quantitative estimate of drug-likeness (QED) is 0.466. The number of rotatable bonds is 5. The Morgan fingerprint density at radius 1 is 1.08 bits per heavy atom. The topological polar surface area (TPSA) is 61.2 Å². The van der Waals surface area contributed by atoms with Gasteiger partial charge < -0.3 is 4.74 Å². The van der Waals surface area contributed by atoms with E-state index in [0.717, 1.165) is 33.6 Å². The van der Waals surface area contributed by atoms with Crippen LogP contribution in [0.4, 0.5) is 0 Å². The van der Waals surface area contributed by atoms with E-state index in [1.54, 1.807) is 17.7 Å². The van der Waals surface area contributed by atoms with Gasteiger partial charge in [-0.15, -0.1) is 0 Å². The van der Waals surface area contributed by atoms with Crippen molar-refractivity contribution in [2.24, 2.45) is 7.05 Å². The second kappa shape index (κ2) is 7.68. The summed E-state index contributed by atoms with van der Waals surface area (Å²) < 4.78 is 7.06. The Balaban J connectivity index is 2.10. The average molecular weight is 354 g/mol. The zero-order valence-electron chi connectivity index (χ0n) is 16.5. The largest absolute Gasteiger partial charge is 0.451 e. The van der Waals surface area contributed by atoms with Crippen LogP contribution >= 0.6 is 0 Å². The molecule has 5 nitrogen and oxygen atoms in total. The fourth-order valence-electron chi connectivity index (χ4n) is 2.89. The number of benzene rings is 1. The lowest BCUT2D eigenvalue weighted by molar-refractivity contribution is -0.140. The van der Waals surface area contributed by atoms with Gasteiger partial charge in [0.2, 0.25) is 5.78 Å². The van der Waals surface area contributed by atoms with E-state index in [1.165, 1.54) is 6.08 Å². The number of esters is 1. The van der Waals surface area contributed by atoms with Crippen LogP contribution in [-0.4, -0.2) is 27.6 Å². The van der Waals surface area contributed by atoms with Gasteiger partial charge in [-0.1, -0.05) is 6.07 Å². The summed E-state index contributed by atoms with van der Waals surface area (Å²) in [5.74, 6) is -0.740. The monoisotopic (exact) mass is 354 g/mol. The van der Waals surface area contributed by atoms with Gasteiger partial charge in [-0.25, -0.2) is 4.79 Å². The number of carbonyl (C=O) groups excluding carboxylic acids is 2. The number of nitrogens with zero attached hydrogens (tertiary/aromatic N) is 2. The predicted molar refractivity (Wildman–Crippen MR) is 102 cm³/mol. The van der Waals surface area contributed by atoms with E-state index in [0.29, 0.717) is 5.56 Å². The predicted octanol–water partition coefficient (Wildman–Crippen LogP) is 3.79. The molecule has 0 N–H and O–H groups in total. The minimum Gasteiger partial charge on any atom is -0.451 e. The van der Waals surface area contributed by atoms with Crippen LogP contribution < -0.4 is 0 Å². The maximum absolute atomic E-state index is 12.6. The highest BCUT2D eigenvalue weighted by Crippen LogP contribution is 2.18. The molecule has 1 atom stereocenters. The molecule has 0 radical (unpaired) electrons. The van der Waals surface area contributed by atoms with Crippen LogP contribution in [0.3, 0.4) is 0 Å². The van der Waals surface area contributed by atoms with Gasteiger partial charge in [-0.3, -0.25) is 9.48 Å². The van der Waals surface area contributed by atoms with Gasteiger partial charge in [0.1, 0.15) is 0 Å². The van der Waals surface area contributed by atoms with Gasteiger partial charge in [-0.2, -0.15) is 5.10 Å². The van der Waals surface area contributed by atoms with E-state index in [1.807, 2.05) is 53.8 Å². The van der Waals surface area contributed by atoms with Gasteiger partial charge in [0.25, 0.3) is 0 Å². The van der Waals surface area contributed by atoms with Crippen LogP contribution in [0.15, 0.2) is 18.2 Å². The van der Waals surface area contributed by atoms with E-state index in [9.17, 15) is 9.59 Å². The molecule has 138 valence electrons. The van der Waals surface area contributed by atoms with Gasteiger partial charge in [-0.05, 0) is 70.4 Å². The van der Waals surface area contributed by atoms with Crippen molar-refractivity contribution in [2.45, 2.75) is 47.6 Å². The molecule has 0 aliphatic heterocycles. The Bertz CT molecular complexity index is 891. The first-order valence-electron chi connectivity index (χ1n) is 8.62. The molecule has 0 unspecified atom stereocenters. The molecule has 0 spiro atoms. The molecule has 0 amide bonds. The summed E-state index contributed by atoms with van der Waals surface area (Å²) in [7, 11) is 1.85. The molecule has 2 aromatic rings. The molecule has 0 saturated carbocycles. The van der Waals surface area contributed by atoms with Crippen molar-refractivity contribution in [1.82, 2.24) is 9.78 Å². The fraction of sp³-hybridized carbons (Fsp3) is 0.381. The van der Waals surface area contributed by atoms with Crippen LogP contribution in [0.2, 0.25) is 0 Å². The van der Waals surface area contributed by atoms with Gasteiger partial charge in [0.05, 0.1) is 5.69 Å². The van der Waals surface area contributed by atoms with Gasteiger partial charge >= 0.3 is 5.97 Å². The molecule has 0 aliphatic rings. The molecule has 5 heteroatoms. The average Bonchev–Trinajstić information content (AvgIpc) is 2.80. The van der Waals surface area contributed by atoms with Gasteiger partial charge in [0.15, 0.2) is 6.10 Å². The smallest absolute Gasteiger partial charge is 0.331 e. The lowest BCUT2D eigenvalue weighted by Gasteiger charge is -2.14.